The molecule has 108 valence electrons. The first-order valence-electron chi connectivity index (χ1n) is 4.20. The molecule has 0 radical (unpaired) electrons. The van der Waals surface area contributed by atoms with E-state index < -0.39 is 29.9 Å². The molecule has 0 fully saturated rings. The fourth-order valence-corrected chi connectivity index (χ4v) is 2.42. The third-order valence-corrected chi connectivity index (χ3v) is 3.43. The van der Waals surface area contributed by atoms with Crippen molar-refractivity contribution in [3.05, 3.63) is 0 Å². The van der Waals surface area contributed by atoms with E-state index in [4.69, 9.17) is 5.11 Å². The Kier molecular flexibility index (Phi) is 5.94. The fraction of sp³-hybridized carbons (Fsp3) is 0.857. The van der Waals surface area contributed by atoms with Gasteiger partial charge in [-0.1, -0.05) is 31.9 Å². The van der Waals surface area contributed by atoms with Gasteiger partial charge in [-0.05, 0) is 0 Å². The van der Waals surface area contributed by atoms with E-state index in [1.165, 1.54) is 0 Å². The van der Waals surface area contributed by atoms with Crippen LogP contribution < -0.4 is 5.32 Å². The van der Waals surface area contributed by atoms with Crippen molar-refractivity contribution in [1.82, 2.24) is 5.32 Å². The molecular weight excluding hydrogens is 404 g/mol. The third-order valence-electron chi connectivity index (χ3n) is 1.87. The smallest absolute Gasteiger partial charge is 0.357 e. The highest BCUT2D eigenvalue weighted by Crippen LogP contribution is 2.41. The molecule has 0 unspecified atom stereocenters. The first kappa shape index (κ1) is 18.0. The summed E-state index contributed by atoms with van der Waals surface area (Å²) in [6.07, 6.45) is -12.2. The van der Waals surface area contributed by atoms with Crippen LogP contribution in [0.1, 0.15) is 0 Å². The molecule has 3 nitrogen and oxygen atoms in total. The SMILES string of the molecule is O=C(NC(O)(C(F)(F)F)C(F)(F)F)C(CBr)CBr. The Bertz CT molecular complexity index is 287. The molecule has 11 heteroatoms. The van der Waals surface area contributed by atoms with Crippen LogP contribution >= 0.6 is 31.9 Å². The van der Waals surface area contributed by atoms with Crippen LogP contribution in [0.5, 0.6) is 0 Å². The lowest BCUT2D eigenvalue weighted by Gasteiger charge is -2.33. The monoisotopic (exact) mass is 409 g/mol. The largest absolute Gasteiger partial charge is 0.446 e. The van der Waals surface area contributed by atoms with Crippen LogP contribution in [0.25, 0.3) is 0 Å². The van der Waals surface area contributed by atoms with Crippen LogP contribution in [-0.2, 0) is 4.79 Å². The van der Waals surface area contributed by atoms with Crippen LogP contribution in [0.2, 0.25) is 0 Å². The van der Waals surface area contributed by atoms with E-state index in [0.29, 0.717) is 5.32 Å². The molecule has 0 aromatic rings. The average Bonchev–Trinajstić information content (AvgIpc) is 2.15. The van der Waals surface area contributed by atoms with Gasteiger partial charge >= 0.3 is 18.1 Å². The number of nitrogens with one attached hydrogen (secondary N) is 1. The normalized spacial score (nSPS) is 13.9. The summed E-state index contributed by atoms with van der Waals surface area (Å²) >= 11 is 5.50. The number of aliphatic hydroxyl groups is 1. The summed E-state index contributed by atoms with van der Waals surface area (Å²) in [6, 6.07) is 0. The lowest BCUT2D eigenvalue weighted by Crippen LogP contribution is -2.68. The Morgan fingerprint density at radius 3 is 1.61 bits per heavy atom. The van der Waals surface area contributed by atoms with Gasteiger partial charge in [0.05, 0.1) is 5.92 Å². The molecule has 0 spiro atoms. The standard InChI is InChI=1S/C7H7Br2F6NO2/c8-1-3(2-9)4(17)16-5(18,6(10,11)12)7(13,14)15/h3,18H,1-2H2,(H,16,17). The van der Waals surface area contributed by atoms with Crippen LogP contribution in [0.4, 0.5) is 26.3 Å². The van der Waals surface area contributed by atoms with Gasteiger partial charge in [-0.25, -0.2) is 0 Å². The molecule has 0 atom stereocenters. The molecule has 0 aromatic carbocycles. The van der Waals surface area contributed by atoms with E-state index in [-0.39, 0.29) is 10.7 Å². The summed E-state index contributed by atoms with van der Waals surface area (Å²) in [4.78, 5) is 11.2. The molecule has 1 amide bonds. The summed E-state index contributed by atoms with van der Waals surface area (Å²) in [6.45, 7) is 0. The Labute approximate surface area is 114 Å². The number of carbonyl (C=O) groups excluding carboxylic acids is 1. The van der Waals surface area contributed by atoms with Crippen LogP contribution in [-0.4, -0.2) is 39.8 Å². The Balaban J connectivity index is 5.24. The molecule has 0 aromatic heterocycles. The Hall–Kier alpha value is -0.0300. The highest BCUT2D eigenvalue weighted by molar-refractivity contribution is 9.09. The van der Waals surface area contributed by atoms with Gasteiger partial charge in [-0.3, -0.25) is 4.79 Å². The minimum absolute atomic E-state index is 0.171. The van der Waals surface area contributed by atoms with Gasteiger partial charge in [0.15, 0.2) is 0 Å². The molecule has 0 aliphatic carbocycles. The van der Waals surface area contributed by atoms with Crippen molar-refractivity contribution in [2.45, 2.75) is 18.1 Å². The molecule has 0 rings (SSSR count). The Morgan fingerprint density at radius 1 is 1.06 bits per heavy atom. The zero-order valence-electron chi connectivity index (χ0n) is 8.37. The number of rotatable bonds is 4. The summed E-state index contributed by atoms with van der Waals surface area (Å²) < 4.78 is 73.3. The first-order chi connectivity index (χ1) is 7.90. The van der Waals surface area contributed by atoms with Gasteiger partial charge in [-0.2, -0.15) is 26.3 Å². The van der Waals surface area contributed by atoms with Gasteiger partial charge in [0.2, 0.25) is 5.91 Å². The van der Waals surface area contributed by atoms with Crippen molar-refractivity contribution in [3.63, 3.8) is 0 Å². The topological polar surface area (TPSA) is 49.3 Å². The van der Waals surface area contributed by atoms with Gasteiger partial charge < -0.3 is 10.4 Å². The number of hydrogen-bond donors (Lipinski definition) is 2. The van der Waals surface area contributed by atoms with Crippen LogP contribution in [0, 0.1) is 5.92 Å². The average molecular weight is 411 g/mol. The summed E-state index contributed by atoms with van der Waals surface area (Å²) in [7, 11) is 0. The summed E-state index contributed by atoms with van der Waals surface area (Å²) in [5.41, 5.74) is -5.26. The first-order valence-corrected chi connectivity index (χ1v) is 6.44. The van der Waals surface area contributed by atoms with Crippen LogP contribution in [0.15, 0.2) is 0 Å². The highest BCUT2D eigenvalue weighted by Gasteiger charge is 2.72. The van der Waals surface area contributed by atoms with E-state index in [1.807, 2.05) is 0 Å². The second kappa shape index (κ2) is 5.95. The summed E-state index contributed by atoms with van der Waals surface area (Å²) in [5.74, 6) is -2.78. The molecular formula is C7H7Br2F6NO2. The van der Waals surface area contributed by atoms with Crippen molar-refractivity contribution in [1.29, 1.82) is 0 Å². The number of halogens is 8. The highest BCUT2D eigenvalue weighted by atomic mass is 79.9. The van der Waals surface area contributed by atoms with Gasteiger partial charge in [0, 0.05) is 10.7 Å². The van der Waals surface area contributed by atoms with Crippen molar-refractivity contribution < 1.29 is 36.2 Å². The van der Waals surface area contributed by atoms with Gasteiger partial charge in [0.1, 0.15) is 0 Å². The maximum absolute atomic E-state index is 12.2. The van der Waals surface area contributed by atoms with E-state index in [1.54, 1.807) is 0 Å². The number of hydrogen-bond acceptors (Lipinski definition) is 2. The minimum atomic E-state index is -6.08. The van der Waals surface area contributed by atoms with E-state index in [9.17, 15) is 31.1 Å². The number of amides is 1. The van der Waals surface area contributed by atoms with Crippen LogP contribution in [0.3, 0.4) is 0 Å². The molecule has 2 N–H and O–H groups in total. The molecule has 0 aliphatic rings. The maximum Gasteiger partial charge on any atom is 0.446 e. The quantitative estimate of drug-likeness (QED) is 0.424. The maximum atomic E-state index is 12.2. The van der Waals surface area contributed by atoms with Crippen molar-refractivity contribution >= 4 is 37.8 Å². The van der Waals surface area contributed by atoms with Gasteiger partial charge in [0.25, 0.3) is 0 Å². The molecule has 0 bridgehead atoms. The molecule has 18 heavy (non-hydrogen) atoms. The number of carbonyl (C=O) groups is 1. The van der Waals surface area contributed by atoms with Crippen molar-refractivity contribution in [2.75, 3.05) is 10.7 Å². The number of alkyl halides is 8. The molecule has 0 saturated carbocycles. The van der Waals surface area contributed by atoms with Crippen molar-refractivity contribution in [3.8, 4) is 0 Å². The zero-order valence-corrected chi connectivity index (χ0v) is 11.5. The zero-order chi connectivity index (χ0) is 14.8. The van der Waals surface area contributed by atoms with E-state index in [0.717, 1.165) is 0 Å². The molecule has 0 saturated heterocycles. The molecule has 0 heterocycles. The predicted molar refractivity (Wildman–Crippen MR) is 56.3 cm³/mol. The minimum Gasteiger partial charge on any atom is -0.357 e. The van der Waals surface area contributed by atoms with Crippen molar-refractivity contribution in [2.24, 2.45) is 5.92 Å². The second-order valence-electron chi connectivity index (χ2n) is 3.20. The summed E-state index contributed by atoms with van der Waals surface area (Å²) in [5, 5.41) is 8.92. The Morgan fingerprint density at radius 2 is 1.39 bits per heavy atom. The second-order valence-corrected chi connectivity index (χ2v) is 4.50. The molecule has 0 aliphatic heterocycles. The van der Waals surface area contributed by atoms with E-state index in [2.05, 4.69) is 31.9 Å². The predicted octanol–water partition coefficient (Wildman–Crippen LogP) is 2.32. The third kappa shape index (κ3) is 3.73. The fourth-order valence-electron chi connectivity index (χ4n) is 0.764. The van der Waals surface area contributed by atoms with Gasteiger partial charge in [-0.15, -0.1) is 0 Å². The lowest BCUT2D eigenvalue weighted by molar-refractivity contribution is -0.376. The lowest BCUT2D eigenvalue weighted by atomic mass is 10.1. The van der Waals surface area contributed by atoms with E-state index >= 15 is 0 Å².